The predicted molar refractivity (Wildman–Crippen MR) is 150 cm³/mol. The molecule has 1 N–H and O–H groups in total. The van der Waals surface area contributed by atoms with Crippen LogP contribution in [0.15, 0.2) is 60.7 Å². The van der Waals surface area contributed by atoms with Crippen molar-refractivity contribution in [1.29, 1.82) is 0 Å². The Hall–Kier alpha value is -4.25. The third-order valence-corrected chi connectivity index (χ3v) is 7.17. The van der Waals surface area contributed by atoms with Gasteiger partial charge >= 0.3 is 6.09 Å². The van der Waals surface area contributed by atoms with Gasteiger partial charge in [-0.3, -0.25) is 14.0 Å². The van der Waals surface area contributed by atoms with E-state index in [0.29, 0.717) is 22.9 Å². The lowest BCUT2D eigenvalue weighted by Gasteiger charge is -2.25. The summed E-state index contributed by atoms with van der Waals surface area (Å²) in [5.74, 6) is 0.308. The number of benzene rings is 3. The third-order valence-electron chi connectivity index (χ3n) is 5.98. The highest BCUT2D eigenvalue weighted by atomic mass is 32.2. The number of hydrogen-bond donors (Lipinski definition) is 1. The summed E-state index contributed by atoms with van der Waals surface area (Å²) in [4.78, 5) is 27.1. The summed E-state index contributed by atoms with van der Waals surface area (Å²) >= 11 is 0. The normalized spacial score (nSPS) is 12.6. The van der Waals surface area contributed by atoms with E-state index in [0.717, 1.165) is 21.7 Å². The van der Waals surface area contributed by atoms with E-state index < -0.39 is 27.6 Å². The number of ether oxygens (including phenoxy) is 3. The number of rotatable bonds is 6. The molecule has 1 aliphatic rings. The third kappa shape index (κ3) is 6.26. The van der Waals surface area contributed by atoms with Crippen LogP contribution in [0.3, 0.4) is 0 Å². The summed E-state index contributed by atoms with van der Waals surface area (Å²) < 4.78 is 42.0. The van der Waals surface area contributed by atoms with Crippen molar-refractivity contribution < 1.29 is 32.2 Å². The maximum absolute atomic E-state index is 13.3. The predicted octanol–water partition coefficient (Wildman–Crippen LogP) is 5.10. The van der Waals surface area contributed by atoms with E-state index in [2.05, 4.69) is 5.32 Å². The van der Waals surface area contributed by atoms with E-state index in [4.69, 9.17) is 14.2 Å². The van der Waals surface area contributed by atoms with Crippen LogP contribution in [0.1, 0.15) is 31.1 Å². The largest absolute Gasteiger partial charge is 0.454 e. The van der Waals surface area contributed by atoms with Crippen LogP contribution in [0.4, 0.5) is 21.9 Å². The molecule has 4 rings (SSSR count). The second-order valence-corrected chi connectivity index (χ2v) is 12.1. The number of nitrogens with zero attached hydrogens (tertiary/aromatic N) is 2. The molecule has 1 heterocycles. The quantitative estimate of drug-likeness (QED) is 0.452. The van der Waals surface area contributed by atoms with Gasteiger partial charge in [-0.05, 0) is 68.3 Å². The van der Waals surface area contributed by atoms with Crippen LogP contribution in [-0.4, -0.2) is 53.2 Å². The average Bonchev–Trinajstić information content (AvgIpc) is 3.35. The van der Waals surface area contributed by atoms with Crippen molar-refractivity contribution in [3.63, 3.8) is 0 Å². The molecule has 0 saturated carbocycles. The lowest BCUT2D eigenvalue weighted by Crippen LogP contribution is -2.34. The van der Waals surface area contributed by atoms with E-state index in [1.54, 1.807) is 76.3 Å². The smallest absolute Gasteiger partial charge is 0.414 e. The molecular formula is C28H31N3O7S. The van der Waals surface area contributed by atoms with Gasteiger partial charge in [0.05, 0.1) is 23.2 Å². The van der Waals surface area contributed by atoms with Gasteiger partial charge in [0.2, 0.25) is 16.8 Å². The summed E-state index contributed by atoms with van der Waals surface area (Å²) in [5.41, 5.74) is 2.37. The van der Waals surface area contributed by atoms with Crippen molar-refractivity contribution in [2.45, 2.75) is 26.4 Å². The second-order valence-electron chi connectivity index (χ2n) is 10.0. The Kier molecular flexibility index (Phi) is 7.47. The molecule has 0 bridgehead atoms. The SMILES string of the molecule is CN(C(=O)OC(C)(C)C)c1ccc(-c2ccc(N(C)S(C)(=O)=O)c(NC(=O)c3cccc4c3OCO4)c2)cc1. The molecule has 1 aliphatic heterocycles. The Morgan fingerprint density at radius 2 is 1.62 bits per heavy atom. The zero-order valence-corrected chi connectivity index (χ0v) is 23.5. The van der Waals surface area contributed by atoms with E-state index in [1.807, 2.05) is 12.1 Å². The van der Waals surface area contributed by atoms with Crippen molar-refractivity contribution in [3.8, 4) is 22.6 Å². The van der Waals surface area contributed by atoms with Crippen molar-refractivity contribution in [3.05, 3.63) is 66.2 Å². The molecule has 0 fully saturated rings. The van der Waals surface area contributed by atoms with Gasteiger partial charge in [0, 0.05) is 19.8 Å². The molecule has 0 aliphatic carbocycles. The highest BCUT2D eigenvalue weighted by Crippen LogP contribution is 2.37. The van der Waals surface area contributed by atoms with Gasteiger partial charge in [-0.25, -0.2) is 13.2 Å². The number of para-hydroxylation sites is 1. The molecule has 3 aromatic carbocycles. The van der Waals surface area contributed by atoms with E-state index in [9.17, 15) is 18.0 Å². The number of nitrogens with one attached hydrogen (secondary N) is 1. The minimum Gasteiger partial charge on any atom is -0.454 e. The van der Waals surface area contributed by atoms with Gasteiger partial charge in [-0.2, -0.15) is 0 Å². The van der Waals surface area contributed by atoms with Crippen LogP contribution in [0.2, 0.25) is 0 Å². The van der Waals surface area contributed by atoms with Crippen LogP contribution < -0.4 is 24.0 Å². The molecule has 206 valence electrons. The first-order valence-electron chi connectivity index (χ1n) is 12.1. The number of hydrogen-bond acceptors (Lipinski definition) is 7. The maximum atomic E-state index is 13.3. The first-order valence-corrected chi connectivity index (χ1v) is 13.9. The van der Waals surface area contributed by atoms with Crippen LogP contribution in [-0.2, 0) is 14.8 Å². The van der Waals surface area contributed by atoms with E-state index in [1.165, 1.54) is 11.9 Å². The molecule has 2 amide bonds. The van der Waals surface area contributed by atoms with Crippen LogP contribution in [0.5, 0.6) is 11.5 Å². The molecule has 0 atom stereocenters. The summed E-state index contributed by atoms with van der Waals surface area (Å²) in [6.45, 7) is 5.41. The fourth-order valence-corrected chi connectivity index (χ4v) is 4.40. The van der Waals surface area contributed by atoms with Gasteiger partial charge in [0.15, 0.2) is 11.5 Å². The number of fused-ring (bicyclic) bond motifs is 1. The summed E-state index contributed by atoms with van der Waals surface area (Å²) in [7, 11) is -0.573. The minimum absolute atomic E-state index is 0.0102. The molecule has 11 heteroatoms. The van der Waals surface area contributed by atoms with Gasteiger partial charge in [0.25, 0.3) is 5.91 Å². The van der Waals surface area contributed by atoms with E-state index >= 15 is 0 Å². The van der Waals surface area contributed by atoms with Crippen molar-refractivity contribution in [2.75, 3.05) is 41.7 Å². The zero-order valence-electron chi connectivity index (χ0n) is 22.6. The second kappa shape index (κ2) is 10.5. The summed E-state index contributed by atoms with van der Waals surface area (Å²) in [6.07, 6.45) is 0.608. The standard InChI is InChI=1S/C28H31N3O7S/c1-28(2,3)38-27(33)30(4)20-13-10-18(11-14-20)19-12-15-23(31(5)39(6,34)35)22(16-19)29-26(32)21-8-7-9-24-25(21)37-17-36-24/h7-16H,17H2,1-6H3,(H,29,32). The van der Waals surface area contributed by atoms with Crippen molar-refractivity contribution in [2.24, 2.45) is 0 Å². The Balaban J connectivity index is 1.66. The Labute approximate surface area is 228 Å². The minimum atomic E-state index is -3.61. The monoisotopic (exact) mass is 553 g/mol. The fourth-order valence-electron chi connectivity index (χ4n) is 3.88. The fraction of sp³-hybridized carbons (Fsp3) is 0.286. The van der Waals surface area contributed by atoms with Gasteiger partial charge in [0.1, 0.15) is 5.60 Å². The molecule has 0 saturated heterocycles. The Morgan fingerprint density at radius 3 is 2.26 bits per heavy atom. The van der Waals surface area contributed by atoms with Crippen molar-refractivity contribution in [1.82, 2.24) is 0 Å². The molecule has 10 nitrogen and oxygen atoms in total. The van der Waals surface area contributed by atoms with Crippen LogP contribution in [0, 0.1) is 0 Å². The first kappa shape index (κ1) is 27.8. The number of sulfonamides is 1. The molecule has 0 aromatic heterocycles. The van der Waals surface area contributed by atoms with Gasteiger partial charge < -0.3 is 19.5 Å². The van der Waals surface area contributed by atoms with Crippen LogP contribution in [0.25, 0.3) is 11.1 Å². The summed E-state index contributed by atoms with van der Waals surface area (Å²) in [6, 6.07) is 17.3. The number of anilines is 3. The molecule has 3 aromatic rings. The molecular weight excluding hydrogens is 522 g/mol. The number of carbonyl (C=O) groups is 2. The maximum Gasteiger partial charge on any atom is 0.414 e. The number of amides is 2. The Bertz CT molecular complexity index is 1510. The van der Waals surface area contributed by atoms with Gasteiger partial charge in [-0.15, -0.1) is 0 Å². The molecule has 0 radical (unpaired) electrons. The van der Waals surface area contributed by atoms with Gasteiger partial charge in [-0.1, -0.05) is 24.3 Å². The molecule has 0 unspecified atom stereocenters. The zero-order chi connectivity index (χ0) is 28.5. The average molecular weight is 554 g/mol. The highest BCUT2D eigenvalue weighted by molar-refractivity contribution is 7.92. The Morgan fingerprint density at radius 1 is 0.949 bits per heavy atom. The van der Waals surface area contributed by atoms with Crippen LogP contribution >= 0.6 is 0 Å². The summed E-state index contributed by atoms with van der Waals surface area (Å²) in [5, 5.41) is 2.84. The topological polar surface area (TPSA) is 114 Å². The highest BCUT2D eigenvalue weighted by Gasteiger charge is 2.24. The molecule has 0 spiro atoms. The van der Waals surface area contributed by atoms with E-state index in [-0.39, 0.29) is 18.0 Å². The molecule has 39 heavy (non-hydrogen) atoms. The lowest BCUT2D eigenvalue weighted by molar-refractivity contribution is 0.0589. The first-order chi connectivity index (χ1) is 18.2. The van der Waals surface area contributed by atoms with Crippen molar-refractivity contribution >= 4 is 39.1 Å². The lowest BCUT2D eigenvalue weighted by atomic mass is 10.0. The number of carbonyl (C=O) groups excluding carboxylic acids is 2.